The van der Waals surface area contributed by atoms with Crippen molar-refractivity contribution in [1.29, 1.82) is 0 Å². The summed E-state index contributed by atoms with van der Waals surface area (Å²) in [6, 6.07) is 6.18. The summed E-state index contributed by atoms with van der Waals surface area (Å²) < 4.78 is 5.11. The van der Waals surface area contributed by atoms with Gasteiger partial charge in [-0.05, 0) is 29.7 Å². The lowest BCUT2D eigenvalue weighted by molar-refractivity contribution is 0.414. The van der Waals surface area contributed by atoms with E-state index in [9.17, 15) is 0 Å². The van der Waals surface area contributed by atoms with E-state index in [2.05, 4.69) is 24.3 Å². The van der Waals surface area contributed by atoms with Gasteiger partial charge in [-0.1, -0.05) is 18.2 Å². The molecule has 0 amide bonds. The number of methoxy groups -OCH3 is 1. The highest BCUT2D eigenvalue weighted by molar-refractivity contribution is 5.61. The van der Waals surface area contributed by atoms with Crippen molar-refractivity contribution < 1.29 is 4.74 Å². The molecule has 11 heavy (non-hydrogen) atoms. The third-order valence-electron chi connectivity index (χ3n) is 1.99. The molecule has 0 bridgehead atoms. The van der Waals surface area contributed by atoms with Gasteiger partial charge in [-0.3, -0.25) is 0 Å². The summed E-state index contributed by atoms with van der Waals surface area (Å²) in [4.78, 5) is 0. The summed E-state index contributed by atoms with van der Waals surface area (Å²) in [5.74, 6) is 0.951. The first-order valence-electron chi connectivity index (χ1n) is 3.73. The van der Waals surface area contributed by atoms with Crippen LogP contribution in [0.25, 0.3) is 6.08 Å². The van der Waals surface area contributed by atoms with E-state index < -0.39 is 0 Å². The average Bonchev–Trinajstić information content (AvgIpc) is 2.50. The zero-order chi connectivity index (χ0) is 7.68. The Morgan fingerprint density at radius 2 is 2.27 bits per heavy atom. The first-order chi connectivity index (χ1) is 5.40. The second-order valence-corrected chi connectivity index (χ2v) is 2.67. The third kappa shape index (κ3) is 1.03. The highest BCUT2D eigenvalue weighted by atomic mass is 16.5. The van der Waals surface area contributed by atoms with Crippen LogP contribution in [-0.2, 0) is 6.42 Å². The van der Waals surface area contributed by atoms with Crippen LogP contribution in [-0.4, -0.2) is 7.11 Å². The fourth-order valence-corrected chi connectivity index (χ4v) is 1.36. The number of hydrogen-bond donors (Lipinski definition) is 0. The van der Waals surface area contributed by atoms with E-state index in [1.165, 1.54) is 11.1 Å². The van der Waals surface area contributed by atoms with Crippen LogP contribution in [0.4, 0.5) is 0 Å². The molecule has 0 unspecified atom stereocenters. The van der Waals surface area contributed by atoms with E-state index in [0.29, 0.717) is 0 Å². The molecule has 0 saturated carbocycles. The van der Waals surface area contributed by atoms with Crippen molar-refractivity contribution in [3.05, 3.63) is 35.4 Å². The molecule has 1 aliphatic carbocycles. The zero-order valence-electron chi connectivity index (χ0n) is 6.50. The molecule has 1 heteroatoms. The molecule has 1 aromatic carbocycles. The molecular weight excluding hydrogens is 136 g/mol. The molecule has 1 nitrogen and oxygen atoms in total. The van der Waals surface area contributed by atoms with Crippen LogP contribution in [0.5, 0.6) is 5.75 Å². The van der Waals surface area contributed by atoms with Crippen LogP contribution in [0.2, 0.25) is 0 Å². The van der Waals surface area contributed by atoms with Crippen molar-refractivity contribution in [2.75, 3.05) is 7.11 Å². The van der Waals surface area contributed by atoms with Gasteiger partial charge in [0.25, 0.3) is 0 Å². The Balaban J connectivity index is 2.45. The van der Waals surface area contributed by atoms with Gasteiger partial charge in [0.05, 0.1) is 7.11 Å². The van der Waals surface area contributed by atoms with Gasteiger partial charge in [-0.2, -0.15) is 0 Å². The van der Waals surface area contributed by atoms with Crippen molar-refractivity contribution >= 4 is 6.08 Å². The first kappa shape index (κ1) is 6.47. The summed E-state index contributed by atoms with van der Waals surface area (Å²) in [7, 11) is 1.70. The molecule has 0 N–H and O–H groups in total. The van der Waals surface area contributed by atoms with E-state index in [1.807, 2.05) is 6.07 Å². The quantitative estimate of drug-likeness (QED) is 0.590. The molecule has 0 saturated heterocycles. The average molecular weight is 146 g/mol. The van der Waals surface area contributed by atoms with E-state index >= 15 is 0 Å². The Kier molecular flexibility index (Phi) is 1.42. The lowest BCUT2D eigenvalue weighted by Crippen LogP contribution is -1.85. The van der Waals surface area contributed by atoms with E-state index in [1.54, 1.807) is 7.11 Å². The number of allylic oxidation sites excluding steroid dienone is 1. The van der Waals surface area contributed by atoms with Crippen LogP contribution in [0.3, 0.4) is 0 Å². The van der Waals surface area contributed by atoms with E-state index in [4.69, 9.17) is 4.74 Å². The Morgan fingerprint density at radius 3 is 3.09 bits per heavy atom. The van der Waals surface area contributed by atoms with Crippen LogP contribution in [0.1, 0.15) is 11.1 Å². The number of benzene rings is 1. The normalized spacial score (nSPS) is 13.2. The van der Waals surface area contributed by atoms with Crippen LogP contribution >= 0.6 is 0 Å². The predicted molar refractivity (Wildman–Crippen MR) is 45.7 cm³/mol. The minimum atomic E-state index is 0.951. The maximum atomic E-state index is 5.11. The smallest absolute Gasteiger partial charge is 0.119 e. The zero-order valence-corrected chi connectivity index (χ0v) is 6.50. The molecule has 56 valence electrons. The van der Waals surface area contributed by atoms with Crippen molar-refractivity contribution in [2.24, 2.45) is 0 Å². The van der Waals surface area contributed by atoms with Gasteiger partial charge >= 0.3 is 0 Å². The highest BCUT2D eigenvalue weighted by Crippen LogP contribution is 2.23. The molecule has 0 atom stereocenters. The summed E-state index contributed by atoms with van der Waals surface area (Å²) in [6.45, 7) is 0. The highest BCUT2D eigenvalue weighted by Gasteiger charge is 2.04. The molecule has 2 rings (SSSR count). The standard InChI is InChI=1S/C10H10O/c1-11-10-6-5-8-3-2-4-9(8)7-10/h2-3,5-7H,4H2,1H3. The Labute approximate surface area is 66.3 Å². The Hall–Kier alpha value is -1.24. The fraction of sp³-hybridized carbons (Fsp3) is 0.200. The van der Waals surface area contributed by atoms with Crippen molar-refractivity contribution in [2.45, 2.75) is 6.42 Å². The van der Waals surface area contributed by atoms with Gasteiger partial charge in [-0.15, -0.1) is 0 Å². The lowest BCUT2D eigenvalue weighted by Gasteiger charge is -2.02. The molecule has 0 fully saturated rings. The minimum absolute atomic E-state index is 0.951. The number of hydrogen-bond acceptors (Lipinski definition) is 1. The van der Waals surface area contributed by atoms with Crippen molar-refractivity contribution in [1.82, 2.24) is 0 Å². The van der Waals surface area contributed by atoms with Crippen LogP contribution in [0, 0.1) is 0 Å². The molecule has 0 aromatic heterocycles. The second kappa shape index (κ2) is 2.42. The van der Waals surface area contributed by atoms with Gasteiger partial charge < -0.3 is 4.74 Å². The first-order valence-corrected chi connectivity index (χ1v) is 3.73. The van der Waals surface area contributed by atoms with Gasteiger partial charge in [0.2, 0.25) is 0 Å². The van der Waals surface area contributed by atoms with Gasteiger partial charge in [-0.25, -0.2) is 0 Å². The molecular formula is C10H10O. The van der Waals surface area contributed by atoms with Gasteiger partial charge in [0, 0.05) is 0 Å². The SMILES string of the molecule is COc1ccc2c(c1)CC=C2. The predicted octanol–water partition coefficient (Wildman–Crippen LogP) is 2.26. The van der Waals surface area contributed by atoms with Crippen LogP contribution in [0.15, 0.2) is 24.3 Å². The largest absolute Gasteiger partial charge is 0.497 e. The van der Waals surface area contributed by atoms with Crippen LogP contribution < -0.4 is 4.74 Å². The summed E-state index contributed by atoms with van der Waals surface area (Å²) in [5.41, 5.74) is 2.69. The summed E-state index contributed by atoms with van der Waals surface area (Å²) in [6.07, 6.45) is 5.37. The number of rotatable bonds is 1. The van der Waals surface area contributed by atoms with Crippen molar-refractivity contribution in [3.8, 4) is 5.75 Å². The Morgan fingerprint density at radius 1 is 1.36 bits per heavy atom. The maximum absolute atomic E-state index is 5.11. The second-order valence-electron chi connectivity index (χ2n) is 2.67. The van der Waals surface area contributed by atoms with Gasteiger partial charge in [0.1, 0.15) is 5.75 Å². The third-order valence-corrected chi connectivity index (χ3v) is 1.99. The van der Waals surface area contributed by atoms with Crippen molar-refractivity contribution in [3.63, 3.8) is 0 Å². The minimum Gasteiger partial charge on any atom is -0.497 e. The molecule has 1 aromatic rings. The molecule has 0 heterocycles. The van der Waals surface area contributed by atoms with Gasteiger partial charge in [0.15, 0.2) is 0 Å². The molecule has 0 spiro atoms. The lowest BCUT2D eigenvalue weighted by atomic mass is 10.1. The molecule has 0 radical (unpaired) electrons. The van der Waals surface area contributed by atoms with E-state index in [-0.39, 0.29) is 0 Å². The number of ether oxygens (including phenoxy) is 1. The summed E-state index contributed by atoms with van der Waals surface area (Å²) >= 11 is 0. The molecule has 1 aliphatic rings. The Bertz CT molecular complexity index is 300. The topological polar surface area (TPSA) is 9.23 Å². The summed E-state index contributed by atoms with van der Waals surface area (Å²) in [5, 5.41) is 0. The maximum Gasteiger partial charge on any atom is 0.119 e. The number of fused-ring (bicyclic) bond motifs is 1. The molecule has 0 aliphatic heterocycles. The fourth-order valence-electron chi connectivity index (χ4n) is 1.36. The van der Waals surface area contributed by atoms with E-state index in [0.717, 1.165) is 12.2 Å². The monoisotopic (exact) mass is 146 g/mol.